The van der Waals surface area contributed by atoms with Crippen LogP contribution in [0.15, 0.2) is 6.07 Å². The van der Waals surface area contributed by atoms with E-state index in [0.29, 0.717) is 29.0 Å². The predicted octanol–water partition coefficient (Wildman–Crippen LogP) is 3.07. The molecule has 6 nitrogen and oxygen atoms in total. The molecule has 26 heavy (non-hydrogen) atoms. The van der Waals surface area contributed by atoms with Gasteiger partial charge in [0.25, 0.3) is 0 Å². The van der Waals surface area contributed by atoms with Crippen LogP contribution in [0.2, 0.25) is 15.2 Å². The summed E-state index contributed by atoms with van der Waals surface area (Å²) in [5, 5.41) is 13.4. The number of hydrogen-bond donors (Lipinski definition) is 1. The highest BCUT2D eigenvalue weighted by Crippen LogP contribution is 2.38. The highest BCUT2D eigenvalue weighted by molar-refractivity contribution is 6.44. The maximum atomic E-state index is 12.7. The molecule has 4 atom stereocenters. The average molecular weight is 415 g/mol. The number of nitrogens with one attached hydrogen (secondary N) is 1. The summed E-state index contributed by atoms with van der Waals surface area (Å²) < 4.78 is 0. The van der Waals surface area contributed by atoms with E-state index >= 15 is 0 Å². The van der Waals surface area contributed by atoms with Gasteiger partial charge in [-0.1, -0.05) is 34.8 Å². The van der Waals surface area contributed by atoms with Gasteiger partial charge >= 0.3 is 0 Å². The number of carbonyl (C=O) groups is 1. The number of pyridine rings is 1. The molecule has 4 heterocycles. The normalized spacial score (nSPS) is 29.9. The maximum Gasteiger partial charge on any atom is 0.225 e. The zero-order valence-corrected chi connectivity index (χ0v) is 16.2. The predicted molar refractivity (Wildman–Crippen MR) is 100 cm³/mol. The molecule has 4 rings (SSSR count). The number of carbonyl (C=O) groups excluding carboxylic acids is 1. The molecule has 3 saturated heterocycles. The number of hydrogen-bond acceptors (Lipinski definition) is 5. The van der Waals surface area contributed by atoms with Gasteiger partial charge in [-0.3, -0.25) is 4.79 Å². The fraction of sp³-hybridized carbons (Fsp3) is 0.588. The Kier molecular flexibility index (Phi) is 4.81. The van der Waals surface area contributed by atoms with Crippen molar-refractivity contribution in [1.29, 1.82) is 5.26 Å². The van der Waals surface area contributed by atoms with E-state index in [-0.39, 0.29) is 35.1 Å². The van der Waals surface area contributed by atoms with E-state index in [1.165, 1.54) is 6.07 Å². The maximum absolute atomic E-state index is 12.7. The molecule has 2 bridgehead atoms. The van der Waals surface area contributed by atoms with Gasteiger partial charge in [0.1, 0.15) is 10.2 Å². The van der Waals surface area contributed by atoms with E-state index in [1.54, 1.807) is 0 Å². The minimum absolute atomic E-state index is 0.0344. The molecule has 1 amide bonds. The van der Waals surface area contributed by atoms with Gasteiger partial charge in [-0.25, -0.2) is 4.98 Å². The van der Waals surface area contributed by atoms with Gasteiger partial charge in [0.2, 0.25) is 5.91 Å². The molecule has 0 radical (unpaired) electrons. The number of amides is 1. The van der Waals surface area contributed by atoms with E-state index in [1.807, 2.05) is 9.80 Å². The van der Waals surface area contributed by atoms with Crippen LogP contribution in [0, 0.1) is 17.4 Å². The minimum atomic E-state index is -0.139. The fourth-order valence-electron chi connectivity index (χ4n) is 4.43. The van der Waals surface area contributed by atoms with Gasteiger partial charge in [0.05, 0.1) is 23.0 Å². The molecular formula is C17H18Cl3N5O. The second-order valence-corrected chi connectivity index (χ2v) is 8.32. The molecule has 1 aromatic heterocycles. The van der Waals surface area contributed by atoms with Gasteiger partial charge in [-0.05, 0) is 31.7 Å². The summed E-state index contributed by atoms with van der Waals surface area (Å²) in [5.74, 6) is 0.419. The number of fused-ring (bicyclic) bond motifs is 2. The molecule has 0 aromatic carbocycles. The molecule has 0 aliphatic carbocycles. The average Bonchev–Trinajstić information content (AvgIpc) is 3.31. The number of nitrogens with zero attached hydrogens (tertiary/aromatic N) is 4. The fourth-order valence-corrected chi connectivity index (χ4v) is 5.08. The van der Waals surface area contributed by atoms with Crippen LogP contribution in [0.5, 0.6) is 0 Å². The first-order valence-corrected chi connectivity index (χ1v) is 9.86. The highest BCUT2D eigenvalue weighted by atomic mass is 35.5. The first kappa shape index (κ1) is 18.0. The Balaban J connectivity index is 1.40. The minimum Gasteiger partial charge on any atom is -0.354 e. The van der Waals surface area contributed by atoms with Crippen LogP contribution in [0.25, 0.3) is 0 Å². The van der Waals surface area contributed by atoms with Crippen LogP contribution in [0.4, 0.5) is 5.82 Å². The molecule has 138 valence electrons. The largest absolute Gasteiger partial charge is 0.354 e. The van der Waals surface area contributed by atoms with Crippen molar-refractivity contribution in [1.82, 2.24) is 15.2 Å². The smallest absolute Gasteiger partial charge is 0.225 e. The lowest BCUT2D eigenvalue weighted by Crippen LogP contribution is -2.46. The Labute approximate surface area is 167 Å². The molecule has 1 N–H and O–H groups in total. The van der Waals surface area contributed by atoms with Crippen molar-refractivity contribution in [3.05, 3.63) is 21.3 Å². The van der Waals surface area contributed by atoms with Crippen molar-refractivity contribution >= 4 is 46.5 Å². The first-order chi connectivity index (χ1) is 12.5. The van der Waals surface area contributed by atoms with E-state index < -0.39 is 0 Å². The Morgan fingerprint density at radius 2 is 2.12 bits per heavy atom. The number of aromatic nitrogens is 1. The molecule has 0 spiro atoms. The van der Waals surface area contributed by atoms with Gasteiger partial charge in [0, 0.05) is 19.1 Å². The third-order valence-electron chi connectivity index (χ3n) is 5.70. The summed E-state index contributed by atoms with van der Waals surface area (Å²) in [6.45, 7) is 1.19. The van der Waals surface area contributed by atoms with Crippen LogP contribution in [0.1, 0.15) is 25.7 Å². The quantitative estimate of drug-likeness (QED) is 0.608. The van der Waals surface area contributed by atoms with Gasteiger partial charge < -0.3 is 15.1 Å². The van der Waals surface area contributed by atoms with E-state index in [4.69, 9.17) is 34.8 Å². The Bertz CT molecular complexity index is 782. The van der Waals surface area contributed by atoms with E-state index in [0.717, 1.165) is 25.7 Å². The van der Waals surface area contributed by atoms with Crippen molar-refractivity contribution in [3.8, 4) is 6.19 Å². The second-order valence-electron chi connectivity index (χ2n) is 7.15. The summed E-state index contributed by atoms with van der Waals surface area (Å²) in [7, 11) is 0. The third kappa shape index (κ3) is 3.06. The monoisotopic (exact) mass is 413 g/mol. The molecule has 0 unspecified atom stereocenters. The van der Waals surface area contributed by atoms with Crippen molar-refractivity contribution < 1.29 is 4.79 Å². The highest BCUT2D eigenvalue weighted by Gasteiger charge is 2.47. The molecule has 0 saturated carbocycles. The lowest BCUT2D eigenvalue weighted by molar-refractivity contribution is -0.125. The van der Waals surface area contributed by atoms with Crippen LogP contribution >= 0.6 is 34.8 Å². The lowest BCUT2D eigenvalue weighted by Gasteiger charge is -2.24. The molecule has 3 fully saturated rings. The van der Waals surface area contributed by atoms with Gasteiger partial charge in [-0.15, -0.1) is 0 Å². The summed E-state index contributed by atoms with van der Waals surface area (Å²) in [6.07, 6.45) is 5.86. The van der Waals surface area contributed by atoms with Crippen LogP contribution in [-0.2, 0) is 4.79 Å². The molecule has 9 heteroatoms. The van der Waals surface area contributed by atoms with Crippen molar-refractivity contribution in [2.24, 2.45) is 5.92 Å². The Morgan fingerprint density at radius 1 is 1.31 bits per heavy atom. The Morgan fingerprint density at radius 3 is 2.85 bits per heavy atom. The second kappa shape index (κ2) is 6.95. The van der Waals surface area contributed by atoms with E-state index in [9.17, 15) is 10.1 Å². The summed E-state index contributed by atoms with van der Waals surface area (Å²) in [4.78, 5) is 20.8. The molecule has 3 aliphatic heterocycles. The Hall–Kier alpha value is -1.42. The summed E-state index contributed by atoms with van der Waals surface area (Å²) in [5.41, 5.74) is 0. The standard InChI is InChI=1S/C17H18Cl3N5O/c18-11-6-14(19)23-16(15(11)20)24-4-3-9(7-24)17(26)22-12-5-10-1-2-13(12)25(10)8-21/h6,9-10,12-13H,1-5,7H2,(H,22,26)/t9-,10-,12+,13+/m0/s1. The molecule has 1 aromatic rings. The van der Waals surface area contributed by atoms with E-state index in [2.05, 4.69) is 16.5 Å². The van der Waals surface area contributed by atoms with Gasteiger partial charge in [-0.2, -0.15) is 5.26 Å². The lowest BCUT2D eigenvalue weighted by atomic mass is 9.95. The van der Waals surface area contributed by atoms with Crippen LogP contribution in [0.3, 0.4) is 0 Å². The van der Waals surface area contributed by atoms with Gasteiger partial charge in [0.15, 0.2) is 12.0 Å². The number of rotatable bonds is 3. The van der Waals surface area contributed by atoms with Crippen molar-refractivity contribution in [2.45, 2.75) is 43.8 Å². The van der Waals surface area contributed by atoms with Crippen molar-refractivity contribution in [2.75, 3.05) is 18.0 Å². The first-order valence-electron chi connectivity index (χ1n) is 8.73. The zero-order valence-electron chi connectivity index (χ0n) is 14.0. The van der Waals surface area contributed by atoms with Crippen LogP contribution < -0.4 is 10.2 Å². The van der Waals surface area contributed by atoms with Crippen molar-refractivity contribution in [3.63, 3.8) is 0 Å². The summed E-state index contributed by atoms with van der Waals surface area (Å²) >= 11 is 18.3. The number of anilines is 1. The SMILES string of the molecule is N#CN1[C@H]2CC[C@@H]1[C@H](NC(=O)[C@H]1CCN(c3nc(Cl)cc(Cl)c3Cl)C1)C2. The van der Waals surface area contributed by atoms with Crippen LogP contribution in [-0.4, -0.2) is 47.0 Å². The molecular weight excluding hydrogens is 397 g/mol. The summed E-state index contributed by atoms with van der Waals surface area (Å²) in [6, 6.07) is 2.00. The third-order valence-corrected chi connectivity index (χ3v) is 6.66. The topological polar surface area (TPSA) is 72.3 Å². The number of nitriles is 1. The molecule has 3 aliphatic rings. The number of halogens is 3. The zero-order chi connectivity index (χ0) is 18.4.